The van der Waals surface area contributed by atoms with Crippen LogP contribution >= 0.6 is 0 Å². The first-order valence-corrected chi connectivity index (χ1v) is 5.98. The number of rotatable bonds is 5. The number of nitrogens with two attached hydrogens (primary N) is 1. The van der Waals surface area contributed by atoms with Crippen LogP contribution in [-0.4, -0.2) is 24.2 Å². The third kappa shape index (κ3) is 4.33. The second-order valence-corrected chi connectivity index (χ2v) is 4.41. The van der Waals surface area contributed by atoms with E-state index in [-0.39, 0.29) is 12.4 Å². The topological polar surface area (TPSA) is 70.6 Å². The van der Waals surface area contributed by atoms with Crippen molar-refractivity contribution in [1.82, 2.24) is 5.32 Å². The molecule has 1 unspecified atom stereocenters. The van der Waals surface area contributed by atoms with E-state index in [0.29, 0.717) is 11.5 Å². The predicted octanol–water partition coefficient (Wildman–Crippen LogP) is 1.35. The first-order chi connectivity index (χ1) is 8.45. The van der Waals surface area contributed by atoms with Crippen molar-refractivity contribution >= 4 is 5.96 Å². The van der Waals surface area contributed by atoms with E-state index < -0.39 is 5.60 Å². The maximum Gasteiger partial charge on any atom is 0.188 e. The van der Waals surface area contributed by atoms with Gasteiger partial charge in [0.25, 0.3) is 0 Å². The van der Waals surface area contributed by atoms with Crippen LogP contribution in [0.5, 0.6) is 0 Å². The van der Waals surface area contributed by atoms with E-state index >= 15 is 0 Å². The van der Waals surface area contributed by atoms with Crippen molar-refractivity contribution in [2.24, 2.45) is 10.7 Å². The van der Waals surface area contributed by atoms with Gasteiger partial charge in [-0.1, -0.05) is 19.1 Å². The van der Waals surface area contributed by atoms with Gasteiger partial charge < -0.3 is 16.2 Å². The Bertz CT molecular complexity index is 401. The van der Waals surface area contributed by atoms with E-state index in [1.165, 1.54) is 12.1 Å². The Hall–Kier alpha value is -1.62. The number of benzene rings is 1. The summed E-state index contributed by atoms with van der Waals surface area (Å²) >= 11 is 0. The molecule has 0 spiro atoms. The number of nitrogens with zero attached hydrogens (tertiary/aromatic N) is 1. The molecule has 1 aromatic carbocycles. The fraction of sp³-hybridized carbons (Fsp3) is 0.462. The second-order valence-electron chi connectivity index (χ2n) is 4.41. The Kier molecular flexibility index (Phi) is 5.09. The quantitative estimate of drug-likeness (QED) is 0.548. The molecule has 0 saturated heterocycles. The highest BCUT2D eigenvalue weighted by Crippen LogP contribution is 2.20. The van der Waals surface area contributed by atoms with E-state index in [1.54, 1.807) is 19.1 Å². The number of hydrogen-bond donors (Lipinski definition) is 3. The lowest BCUT2D eigenvalue weighted by atomic mass is 9.96. The average Bonchev–Trinajstić information content (AvgIpc) is 2.34. The summed E-state index contributed by atoms with van der Waals surface area (Å²) in [7, 11) is 0. The van der Waals surface area contributed by atoms with Gasteiger partial charge in [-0.25, -0.2) is 4.39 Å². The summed E-state index contributed by atoms with van der Waals surface area (Å²) < 4.78 is 12.8. The number of hydrogen-bond acceptors (Lipinski definition) is 2. The van der Waals surface area contributed by atoms with Crippen LogP contribution < -0.4 is 11.1 Å². The molecule has 4 nitrogen and oxygen atoms in total. The smallest absolute Gasteiger partial charge is 0.188 e. The molecule has 18 heavy (non-hydrogen) atoms. The summed E-state index contributed by atoms with van der Waals surface area (Å²) in [4.78, 5) is 4.07. The third-order valence-corrected chi connectivity index (χ3v) is 2.58. The molecule has 0 fully saturated rings. The highest BCUT2D eigenvalue weighted by Gasteiger charge is 2.22. The van der Waals surface area contributed by atoms with Gasteiger partial charge in [-0.3, -0.25) is 4.99 Å². The molecule has 0 heterocycles. The summed E-state index contributed by atoms with van der Waals surface area (Å²) in [6, 6.07) is 5.71. The van der Waals surface area contributed by atoms with Crippen LogP contribution in [0, 0.1) is 5.82 Å². The van der Waals surface area contributed by atoms with Gasteiger partial charge in [0.1, 0.15) is 11.4 Å². The lowest BCUT2D eigenvalue weighted by molar-refractivity contribution is 0.0672. The second kappa shape index (κ2) is 6.35. The molecule has 0 radical (unpaired) electrons. The predicted molar refractivity (Wildman–Crippen MR) is 70.8 cm³/mol. The molecule has 0 bridgehead atoms. The highest BCUT2D eigenvalue weighted by molar-refractivity contribution is 5.77. The van der Waals surface area contributed by atoms with Crippen molar-refractivity contribution in [3.05, 3.63) is 35.6 Å². The Labute approximate surface area is 107 Å². The van der Waals surface area contributed by atoms with Crippen molar-refractivity contribution in [2.75, 3.05) is 13.1 Å². The van der Waals surface area contributed by atoms with Crippen LogP contribution in [0.2, 0.25) is 0 Å². The van der Waals surface area contributed by atoms with Crippen LogP contribution in [0.1, 0.15) is 25.8 Å². The van der Waals surface area contributed by atoms with Crippen molar-refractivity contribution < 1.29 is 9.50 Å². The molecule has 5 heteroatoms. The van der Waals surface area contributed by atoms with Gasteiger partial charge in [-0.15, -0.1) is 0 Å². The minimum atomic E-state index is -1.16. The Morgan fingerprint density at radius 2 is 2.06 bits per heavy atom. The fourth-order valence-electron chi connectivity index (χ4n) is 1.45. The maximum atomic E-state index is 12.8. The first-order valence-electron chi connectivity index (χ1n) is 5.98. The SMILES string of the molecule is CCCNC(N)=NCC(C)(O)c1ccc(F)cc1. The molecule has 4 N–H and O–H groups in total. The molecule has 0 saturated carbocycles. The van der Waals surface area contributed by atoms with Crippen LogP contribution in [0.15, 0.2) is 29.3 Å². The average molecular weight is 253 g/mol. The van der Waals surface area contributed by atoms with E-state index in [9.17, 15) is 9.50 Å². The monoisotopic (exact) mass is 253 g/mol. The maximum absolute atomic E-state index is 12.8. The van der Waals surface area contributed by atoms with E-state index in [4.69, 9.17) is 5.73 Å². The molecule has 100 valence electrons. The van der Waals surface area contributed by atoms with Gasteiger partial charge in [0, 0.05) is 6.54 Å². The molecule has 1 rings (SSSR count). The molecule has 1 atom stereocenters. The zero-order chi connectivity index (χ0) is 13.6. The summed E-state index contributed by atoms with van der Waals surface area (Å²) in [5.74, 6) is -0.0265. The van der Waals surface area contributed by atoms with Crippen LogP contribution in [0.3, 0.4) is 0 Å². The lowest BCUT2D eigenvalue weighted by Gasteiger charge is -2.21. The largest absolute Gasteiger partial charge is 0.384 e. The van der Waals surface area contributed by atoms with Crippen molar-refractivity contribution in [3.8, 4) is 0 Å². The molecule has 1 aromatic rings. The summed E-state index contributed by atoms with van der Waals surface area (Å²) in [6.45, 7) is 4.51. The number of aliphatic imine (C=N–C) groups is 1. The van der Waals surface area contributed by atoms with Gasteiger partial charge >= 0.3 is 0 Å². The Balaban J connectivity index is 2.66. The van der Waals surface area contributed by atoms with E-state index in [0.717, 1.165) is 13.0 Å². The van der Waals surface area contributed by atoms with Crippen LogP contribution in [0.4, 0.5) is 4.39 Å². The number of nitrogens with one attached hydrogen (secondary N) is 1. The highest BCUT2D eigenvalue weighted by atomic mass is 19.1. The third-order valence-electron chi connectivity index (χ3n) is 2.58. The van der Waals surface area contributed by atoms with Gasteiger partial charge in [-0.2, -0.15) is 0 Å². The molecule has 0 aliphatic heterocycles. The summed E-state index contributed by atoms with van der Waals surface area (Å²) in [5.41, 5.74) is 5.08. The van der Waals surface area contributed by atoms with Crippen LogP contribution in [-0.2, 0) is 5.60 Å². The Morgan fingerprint density at radius 1 is 1.44 bits per heavy atom. The minimum Gasteiger partial charge on any atom is -0.384 e. The van der Waals surface area contributed by atoms with Gasteiger partial charge in [-0.05, 0) is 31.0 Å². The Morgan fingerprint density at radius 3 is 2.61 bits per heavy atom. The standard InChI is InChI=1S/C13H20FN3O/c1-3-8-16-12(15)17-9-13(2,18)10-4-6-11(14)7-5-10/h4-7,18H,3,8-9H2,1-2H3,(H3,15,16,17). The molecule has 0 aromatic heterocycles. The van der Waals surface area contributed by atoms with E-state index in [1.807, 2.05) is 6.92 Å². The minimum absolute atomic E-state index is 0.126. The summed E-state index contributed by atoms with van der Waals surface area (Å²) in [6.07, 6.45) is 0.949. The number of guanidine groups is 1. The molecule has 0 amide bonds. The fourth-order valence-corrected chi connectivity index (χ4v) is 1.45. The van der Waals surface area contributed by atoms with Crippen molar-refractivity contribution in [1.29, 1.82) is 0 Å². The van der Waals surface area contributed by atoms with Crippen molar-refractivity contribution in [3.63, 3.8) is 0 Å². The molecule has 0 aliphatic carbocycles. The van der Waals surface area contributed by atoms with E-state index in [2.05, 4.69) is 10.3 Å². The zero-order valence-electron chi connectivity index (χ0n) is 10.8. The van der Waals surface area contributed by atoms with Gasteiger partial charge in [0.05, 0.1) is 6.54 Å². The number of halogens is 1. The van der Waals surface area contributed by atoms with Gasteiger partial charge in [0.2, 0.25) is 0 Å². The molecular weight excluding hydrogens is 233 g/mol. The van der Waals surface area contributed by atoms with Gasteiger partial charge in [0.15, 0.2) is 5.96 Å². The molecular formula is C13H20FN3O. The normalized spacial score (nSPS) is 15.2. The van der Waals surface area contributed by atoms with Crippen molar-refractivity contribution in [2.45, 2.75) is 25.9 Å². The number of aliphatic hydroxyl groups is 1. The first kappa shape index (κ1) is 14.4. The summed E-state index contributed by atoms with van der Waals surface area (Å²) in [5, 5.41) is 13.2. The zero-order valence-corrected chi connectivity index (χ0v) is 10.8. The van der Waals surface area contributed by atoms with Crippen LogP contribution in [0.25, 0.3) is 0 Å². The lowest BCUT2D eigenvalue weighted by Crippen LogP contribution is -2.34. The molecule has 0 aliphatic rings.